The summed E-state index contributed by atoms with van der Waals surface area (Å²) in [6, 6.07) is 0. The van der Waals surface area contributed by atoms with E-state index in [4.69, 9.17) is 4.42 Å². The number of guanidine groups is 1. The van der Waals surface area contributed by atoms with E-state index in [-0.39, 0.29) is 40.6 Å². The third-order valence-electron chi connectivity index (χ3n) is 4.17. The van der Waals surface area contributed by atoms with Crippen LogP contribution in [0.25, 0.3) is 0 Å². The van der Waals surface area contributed by atoms with E-state index in [1.54, 1.807) is 6.20 Å². The molecule has 0 spiro atoms. The van der Waals surface area contributed by atoms with Gasteiger partial charge in [-0.1, -0.05) is 20.8 Å². The third-order valence-corrected chi connectivity index (χ3v) is 5.30. The zero-order valence-electron chi connectivity index (χ0n) is 16.3. The summed E-state index contributed by atoms with van der Waals surface area (Å²) in [5, 5.41) is 6.43. The summed E-state index contributed by atoms with van der Waals surface area (Å²) in [5.74, 6) is 2.28. The lowest BCUT2D eigenvalue weighted by molar-refractivity contribution is 0.383. The van der Waals surface area contributed by atoms with E-state index in [1.807, 2.05) is 6.92 Å². The molecule has 0 atom stereocenters. The monoisotopic (exact) mass is 498 g/mol. The largest absolute Gasteiger partial charge is 0.443 e. The van der Waals surface area contributed by atoms with Crippen LogP contribution in [0.4, 0.5) is 0 Å². The molecular weight excluding hydrogens is 467 g/mol. The highest BCUT2D eigenvalue weighted by molar-refractivity contribution is 14.0. The molecule has 0 aliphatic heterocycles. The Morgan fingerprint density at radius 3 is 2.46 bits per heavy atom. The topological polar surface area (TPSA) is 96.6 Å². The summed E-state index contributed by atoms with van der Waals surface area (Å²) in [6.07, 6.45) is 4.90. The van der Waals surface area contributed by atoms with E-state index in [0.717, 1.165) is 25.1 Å². The number of halogens is 1. The summed E-state index contributed by atoms with van der Waals surface area (Å²) in [6.45, 7) is 9.87. The Labute approximate surface area is 173 Å². The number of aromatic nitrogens is 1. The van der Waals surface area contributed by atoms with E-state index in [2.05, 4.69) is 41.4 Å². The van der Waals surface area contributed by atoms with E-state index in [0.29, 0.717) is 24.9 Å². The first kappa shape index (κ1) is 23.2. The Kier molecular flexibility index (Phi) is 7.94. The molecule has 1 aromatic rings. The molecule has 0 amide bonds. The quantitative estimate of drug-likeness (QED) is 0.341. The van der Waals surface area contributed by atoms with Crippen molar-refractivity contribution in [3.63, 3.8) is 0 Å². The van der Waals surface area contributed by atoms with Crippen LogP contribution in [0.5, 0.6) is 0 Å². The number of nitrogens with zero attached hydrogens (tertiary/aromatic N) is 2. The Balaban J connectivity index is 0.00000338. The van der Waals surface area contributed by atoms with Crippen LogP contribution in [0.1, 0.15) is 52.2 Å². The second-order valence-corrected chi connectivity index (χ2v) is 10.1. The Hall–Kier alpha value is -0.840. The van der Waals surface area contributed by atoms with Crippen molar-refractivity contribution in [1.29, 1.82) is 0 Å². The molecule has 1 aromatic heterocycles. The number of hydrogen-bond donors (Lipinski definition) is 2. The van der Waals surface area contributed by atoms with Gasteiger partial charge in [-0.2, -0.15) is 0 Å². The number of nitrogens with one attached hydrogen (secondary N) is 2. The van der Waals surface area contributed by atoms with Gasteiger partial charge in [0.25, 0.3) is 0 Å². The molecular formula is C17H31IN4O3S. The van der Waals surface area contributed by atoms with Crippen molar-refractivity contribution in [2.24, 2.45) is 10.4 Å². The Bertz CT molecular complexity index is 719. The number of oxazole rings is 1. The van der Waals surface area contributed by atoms with Crippen molar-refractivity contribution >= 4 is 39.8 Å². The van der Waals surface area contributed by atoms with E-state index < -0.39 is 9.84 Å². The first-order valence-electron chi connectivity index (χ1n) is 8.68. The highest BCUT2D eigenvalue weighted by Gasteiger charge is 2.45. The summed E-state index contributed by atoms with van der Waals surface area (Å²) < 4.78 is 28.9. The number of aliphatic imine (C=N–C) groups is 1. The maximum absolute atomic E-state index is 11.6. The average Bonchev–Trinajstić information content (AvgIpc) is 3.03. The van der Waals surface area contributed by atoms with Gasteiger partial charge in [0, 0.05) is 30.2 Å². The van der Waals surface area contributed by atoms with Gasteiger partial charge in [-0.05, 0) is 19.8 Å². The van der Waals surface area contributed by atoms with Crippen LogP contribution >= 0.6 is 24.0 Å². The fourth-order valence-electron chi connectivity index (χ4n) is 2.59. The van der Waals surface area contributed by atoms with Gasteiger partial charge < -0.3 is 15.1 Å². The maximum atomic E-state index is 11.6. The molecule has 2 rings (SSSR count). The molecule has 1 saturated carbocycles. The molecule has 150 valence electrons. The van der Waals surface area contributed by atoms with Gasteiger partial charge in [0.2, 0.25) is 5.89 Å². The molecule has 1 fully saturated rings. The van der Waals surface area contributed by atoms with Crippen LogP contribution < -0.4 is 10.6 Å². The minimum Gasteiger partial charge on any atom is -0.443 e. The van der Waals surface area contributed by atoms with Gasteiger partial charge in [-0.25, -0.2) is 18.4 Å². The highest BCUT2D eigenvalue weighted by atomic mass is 127. The molecule has 9 heteroatoms. The van der Waals surface area contributed by atoms with Gasteiger partial charge in [0.1, 0.15) is 22.1 Å². The fourth-order valence-corrected chi connectivity index (χ4v) is 4.10. The summed E-state index contributed by atoms with van der Waals surface area (Å²) >= 11 is 0. The second-order valence-electron chi connectivity index (χ2n) is 7.99. The standard InChI is InChI=1S/C17H30N4O3S.HI/c1-6-18-15(21-11-17(7-8-17)12-25(5,22)23)20-10-14-19-9-13(24-14)16(2,3)4;/h9H,6-8,10-12H2,1-5H3,(H2,18,20,21);1H. The predicted molar refractivity (Wildman–Crippen MR) is 115 cm³/mol. The number of rotatable bonds is 7. The van der Waals surface area contributed by atoms with Gasteiger partial charge in [-0.3, -0.25) is 0 Å². The molecule has 1 heterocycles. The first-order valence-corrected chi connectivity index (χ1v) is 10.7. The Morgan fingerprint density at radius 2 is 2.00 bits per heavy atom. The van der Waals surface area contributed by atoms with Crippen LogP contribution in [0.15, 0.2) is 15.6 Å². The van der Waals surface area contributed by atoms with Gasteiger partial charge in [-0.15, -0.1) is 24.0 Å². The van der Waals surface area contributed by atoms with Crippen molar-refractivity contribution in [2.45, 2.75) is 52.5 Å². The summed E-state index contributed by atoms with van der Waals surface area (Å²) in [5.41, 5.74) is -0.228. The van der Waals surface area contributed by atoms with E-state index >= 15 is 0 Å². The maximum Gasteiger partial charge on any atom is 0.216 e. The molecule has 0 saturated heterocycles. The molecule has 0 bridgehead atoms. The van der Waals surface area contributed by atoms with Gasteiger partial charge in [0.15, 0.2) is 5.96 Å². The normalized spacial score (nSPS) is 16.7. The molecule has 0 radical (unpaired) electrons. The van der Waals surface area contributed by atoms with Crippen LogP contribution in [0, 0.1) is 5.41 Å². The van der Waals surface area contributed by atoms with Crippen LogP contribution in [0.2, 0.25) is 0 Å². The lowest BCUT2D eigenvalue weighted by Crippen LogP contribution is -2.41. The third kappa shape index (κ3) is 7.42. The van der Waals surface area contributed by atoms with Crippen molar-refractivity contribution in [3.05, 3.63) is 17.8 Å². The zero-order valence-corrected chi connectivity index (χ0v) is 19.4. The van der Waals surface area contributed by atoms with E-state index in [9.17, 15) is 8.42 Å². The zero-order chi connectivity index (χ0) is 18.7. The molecule has 2 N–H and O–H groups in total. The van der Waals surface area contributed by atoms with E-state index in [1.165, 1.54) is 6.26 Å². The van der Waals surface area contributed by atoms with Crippen molar-refractivity contribution in [3.8, 4) is 0 Å². The average molecular weight is 498 g/mol. The van der Waals surface area contributed by atoms with Crippen molar-refractivity contribution in [2.75, 3.05) is 25.1 Å². The lowest BCUT2D eigenvalue weighted by atomic mass is 9.94. The smallest absolute Gasteiger partial charge is 0.216 e. The fraction of sp³-hybridized carbons (Fsp3) is 0.765. The Morgan fingerprint density at radius 1 is 1.35 bits per heavy atom. The minimum atomic E-state index is -2.97. The van der Waals surface area contributed by atoms with Crippen LogP contribution in [-0.4, -0.2) is 44.5 Å². The molecule has 0 unspecified atom stereocenters. The van der Waals surface area contributed by atoms with Crippen molar-refractivity contribution < 1.29 is 12.8 Å². The molecule has 0 aromatic carbocycles. The van der Waals surface area contributed by atoms with Gasteiger partial charge >= 0.3 is 0 Å². The molecule has 1 aliphatic carbocycles. The SMILES string of the molecule is CCNC(=NCc1ncc(C(C)(C)C)o1)NCC1(CS(C)(=O)=O)CC1.I. The second kappa shape index (κ2) is 8.90. The molecule has 26 heavy (non-hydrogen) atoms. The predicted octanol–water partition coefficient (Wildman–Crippen LogP) is 2.47. The molecule has 1 aliphatic rings. The highest BCUT2D eigenvalue weighted by Crippen LogP contribution is 2.45. The summed E-state index contributed by atoms with van der Waals surface area (Å²) in [7, 11) is -2.97. The van der Waals surface area contributed by atoms with Crippen molar-refractivity contribution in [1.82, 2.24) is 15.6 Å². The van der Waals surface area contributed by atoms with Gasteiger partial charge in [0.05, 0.1) is 11.9 Å². The lowest BCUT2D eigenvalue weighted by Gasteiger charge is -2.17. The number of sulfone groups is 1. The summed E-state index contributed by atoms with van der Waals surface area (Å²) in [4.78, 5) is 8.77. The minimum absolute atomic E-state index is 0. The van der Waals surface area contributed by atoms with Crippen LogP contribution in [0.3, 0.4) is 0 Å². The van der Waals surface area contributed by atoms with Crippen LogP contribution in [-0.2, 0) is 21.8 Å². The first-order chi connectivity index (χ1) is 11.5. The molecule has 7 nitrogen and oxygen atoms in total. The number of hydrogen-bond acceptors (Lipinski definition) is 5.